The van der Waals surface area contributed by atoms with Crippen LogP contribution in [0.2, 0.25) is 0 Å². The monoisotopic (exact) mass is 415 g/mol. The third-order valence-electron chi connectivity index (χ3n) is 5.31. The average Bonchev–Trinajstić information content (AvgIpc) is 2.77. The molecule has 1 aliphatic rings. The zero-order valence-electron chi connectivity index (χ0n) is 17.6. The van der Waals surface area contributed by atoms with Crippen LogP contribution in [0.1, 0.15) is 34.1 Å². The van der Waals surface area contributed by atoms with Gasteiger partial charge in [-0.05, 0) is 37.1 Å². The van der Waals surface area contributed by atoms with Crippen molar-refractivity contribution in [1.82, 2.24) is 15.3 Å². The summed E-state index contributed by atoms with van der Waals surface area (Å²) < 4.78 is 0. The van der Waals surface area contributed by atoms with Crippen molar-refractivity contribution in [2.45, 2.75) is 32.9 Å². The van der Waals surface area contributed by atoms with Gasteiger partial charge < -0.3 is 15.5 Å². The molecular weight excluding hydrogens is 390 g/mol. The lowest BCUT2D eigenvalue weighted by Crippen LogP contribution is -2.40. The van der Waals surface area contributed by atoms with Crippen LogP contribution in [-0.4, -0.2) is 34.4 Å². The van der Waals surface area contributed by atoms with E-state index in [0.717, 1.165) is 16.8 Å². The third-order valence-corrected chi connectivity index (χ3v) is 5.31. The van der Waals surface area contributed by atoms with Gasteiger partial charge in [0.1, 0.15) is 0 Å². The minimum atomic E-state index is -0.228. The van der Waals surface area contributed by atoms with Gasteiger partial charge in [-0.1, -0.05) is 36.4 Å². The summed E-state index contributed by atoms with van der Waals surface area (Å²) in [6.07, 6.45) is 3.93. The second-order valence-corrected chi connectivity index (χ2v) is 7.76. The Kier molecular flexibility index (Phi) is 5.93. The van der Waals surface area contributed by atoms with E-state index in [-0.39, 0.29) is 24.4 Å². The summed E-state index contributed by atoms with van der Waals surface area (Å²) >= 11 is 0. The van der Waals surface area contributed by atoms with Gasteiger partial charge in [0.2, 0.25) is 5.91 Å². The number of aryl methyl sites for hydroxylation is 1. The van der Waals surface area contributed by atoms with Crippen molar-refractivity contribution in [1.29, 1.82) is 0 Å². The van der Waals surface area contributed by atoms with Gasteiger partial charge in [-0.15, -0.1) is 0 Å². The van der Waals surface area contributed by atoms with Crippen LogP contribution in [0.15, 0.2) is 60.9 Å². The average molecular weight is 415 g/mol. The normalized spacial score (nSPS) is 13.9. The maximum Gasteiger partial charge on any atom is 0.253 e. The number of anilines is 2. The first kappa shape index (κ1) is 20.5. The first-order valence-electron chi connectivity index (χ1n) is 10.3. The van der Waals surface area contributed by atoms with Gasteiger partial charge in [0.05, 0.1) is 24.3 Å². The van der Waals surface area contributed by atoms with Crippen molar-refractivity contribution in [3.8, 4) is 0 Å². The molecule has 0 spiro atoms. The van der Waals surface area contributed by atoms with Gasteiger partial charge in [-0.3, -0.25) is 14.6 Å². The summed E-state index contributed by atoms with van der Waals surface area (Å²) in [5.74, 6) is 0.313. The van der Waals surface area contributed by atoms with Crippen LogP contribution < -0.4 is 15.5 Å². The van der Waals surface area contributed by atoms with Crippen molar-refractivity contribution >= 4 is 23.3 Å². The Hall–Kier alpha value is -3.74. The molecule has 1 aliphatic heterocycles. The molecule has 1 aromatic carbocycles. The highest BCUT2D eigenvalue weighted by Gasteiger charge is 2.26. The van der Waals surface area contributed by atoms with E-state index in [9.17, 15) is 9.59 Å². The van der Waals surface area contributed by atoms with Crippen molar-refractivity contribution in [2.24, 2.45) is 0 Å². The molecule has 3 aromatic rings. The summed E-state index contributed by atoms with van der Waals surface area (Å²) in [4.78, 5) is 35.9. The Morgan fingerprint density at radius 3 is 2.77 bits per heavy atom. The van der Waals surface area contributed by atoms with Gasteiger partial charge >= 0.3 is 0 Å². The highest BCUT2D eigenvalue weighted by molar-refractivity contribution is 6.04. The second kappa shape index (κ2) is 8.95. The largest absolute Gasteiger partial charge is 0.359 e. The summed E-state index contributed by atoms with van der Waals surface area (Å²) in [6.45, 7) is 4.57. The molecule has 0 radical (unpaired) electrons. The standard InChI is InChI=1S/C24H25N5O2/c1-16-7-6-10-25-20(16)11-17(2)28-24(31)19-12-21-23(26-13-19)27-14-22(30)29(21)15-18-8-4-3-5-9-18/h3-10,12-13,17H,11,14-15H2,1-2H3,(H,26,27)(H,28,31). The fraction of sp³-hybridized carbons (Fsp3) is 0.250. The number of hydrogen-bond acceptors (Lipinski definition) is 5. The van der Waals surface area contributed by atoms with Crippen LogP contribution in [0.25, 0.3) is 0 Å². The Morgan fingerprint density at radius 1 is 1.19 bits per heavy atom. The molecule has 2 N–H and O–H groups in total. The molecule has 2 amide bonds. The minimum Gasteiger partial charge on any atom is -0.359 e. The van der Waals surface area contributed by atoms with Crippen molar-refractivity contribution < 1.29 is 9.59 Å². The van der Waals surface area contributed by atoms with E-state index in [1.54, 1.807) is 17.2 Å². The van der Waals surface area contributed by atoms with Crippen LogP contribution in [0.5, 0.6) is 0 Å². The summed E-state index contributed by atoms with van der Waals surface area (Å²) in [7, 11) is 0. The maximum atomic E-state index is 12.9. The molecule has 1 unspecified atom stereocenters. The van der Waals surface area contributed by atoms with Crippen molar-refractivity contribution in [2.75, 3.05) is 16.8 Å². The lowest BCUT2D eigenvalue weighted by atomic mass is 10.1. The van der Waals surface area contributed by atoms with Gasteiger partial charge in [0.15, 0.2) is 5.82 Å². The molecule has 1 atom stereocenters. The lowest BCUT2D eigenvalue weighted by molar-refractivity contribution is -0.117. The SMILES string of the molecule is Cc1cccnc1CC(C)NC(=O)c1cnc2c(c1)N(Cc1ccccc1)C(=O)CN2. The first-order chi connectivity index (χ1) is 15.0. The molecule has 0 fully saturated rings. The maximum absolute atomic E-state index is 12.9. The highest BCUT2D eigenvalue weighted by atomic mass is 16.2. The smallest absolute Gasteiger partial charge is 0.253 e. The zero-order valence-corrected chi connectivity index (χ0v) is 17.6. The zero-order chi connectivity index (χ0) is 21.8. The molecule has 4 rings (SSSR count). The van der Waals surface area contributed by atoms with E-state index in [1.165, 1.54) is 6.20 Å². The topological polar surface area (TPSA) is 87.2 Å². The van der Waals surface area contributed by atoms with Crippen molar-refractivity contribution in [3.63, 3.8) is 0 Å². The van der Waals surface area contributed by atoms with Gasteiger partial charge in [-0.2, -0.15) is 0 Å². The number of benzene rings is 1. The first-order valence-corrected chi connectivity index (χ1v) is 10.3. The minimum absolute atomic E-state index is 0.0605. The number of pyridine rings is 2. The molecule has 158 valence electrons. The number of aromatic nitrogens is 2. The summed E-state index contributed by atoms with van der Waals surface area (Å²) in [5.41, 5.74) is 4.10. The van der Waals surface area contributed by atoms with Gasteiger partial charge in [0.25, 0.3) is 5.91 Å². The fourth-order valence-electron chi connectivity index (χ4n) is 3.63. The lowest BCUT2D eigenvalue weighted by Gasteiger charge is -2.30. The van der Waals surface area contributed by atoms with E-state index < -0.39 is 0 Å². The number of fused-ring (bicyclic) bond motifs is 1. The predicted molar refractivity (Wildman–Crippen MR) is 120 cm³/mol. The van der Waals surface area contributed by atoms with Crippen LogP contribution in [0, 0.1) is 6.92 Å². The van der Waals surface area contributed by atoms with Gasteiger partial charge in [-0.25, -0.2) is 4.98 Å². The molecule has 0 saturated carbocycles. The molecule has 7 heteroatoms. The number of carbonyl (C=O) groups is 2. The molecule has 0 bridgehead atoms. The summed E-state index contributed by atoms with van der Waals surface area (Å²) in [5, 5.41) is 6.04. The van der Waals surface area contributed by atoms with E-state index in [1.807, 2.05) is 56.3 Å². The quantitative estimate of drug-likeness (QED) is 0.646. The van der Waals surface area contributed by atoms with E-state index >= 15 is 0 Å². The van der Waals surface area contributed by atoms with Crippen LogP contribution in [0.4, 0.5) is 11.5 Å². The molecular formula is C24H25N5O2. The highest BCUT2D eigenvalue weighted by Crippen LogP contribution is 2.29. The number of rotatable bonds is 6. The van der Waals surface area contributed by atoms with E-state index in [4.69, 9.17) is 0 Å². The number of nitrogens with one attached hydrogen (secondary N) is 2. The second-order valence-electron chi connectivity index (χ2n) is 7.76. The fourth-order valence-corrected chi connectivity index (χ4v) is 3.63. The van der Waals surface area contributed by atoms with Crippen LogP contribution in [0.3, 0.4) is 0 Å². The molecule has 31 heavy (non-hydrogen) atoms. The van der Waals surface area contributed by atoms with Gasteiger partial charge in [0, 0.05) is 30.6 Å². The number of amides is 2. The molecule has 7 nitrogen and oxygen atoms in total. The number of hydrogen-bond donors (Lipinski definition) is 2. The number of carbonyl (C=O) groups excluding carboxylic acids is 2. The summed E-state index contributed by atoms with van der Waals surface area (Å²) in [6, 6.07) is 15.3. The van der Waals surface area contributed by atoms with Crippen LogP contribution in [-0.2, 0) is 17.8 Å². The van der Waals surface area contributed by atoms with Crippen molar-refractivity contribution in [3.05, 3.63) is 83.3 Å². The predicted octanol–water partition coefficient (Wildman–Crippen LogP) is 3.10. The van der Waals surface area contributed by atoms with E-state index in [0.29, 0.717) is 30.0 Å². The molecule has 0 aliphatic carbocycles. The Labute approximate surface area is 181 Å². The van der Waals surface area contributed by atoms with Crippen LogP contribution >= 0.6 is 0 Å². The Bertz CT molecular complexity index is 1100. The Morgan fingerprint density at radius 2 is 2.00 bits per heavy atom. The number of nitrogens with zero attached hydrogens (tertiary/aromatic N) is 3. The molecule has 2 aromatic heterocycles. The molecule has 3 heterocycles. The van der Waals surface area contributed by atoms with E-state index in [2.05, 4.69) is 20.6 Å². The Balaban J connectivity index is 1.51. The third kappa shape index (κ3) is 4.71. The molecule has 0 saturated heterocycles.